The maximum atomic E-state index is 10.5. The Morgan fingerprint density at radius 3 is 3.00 bits per heavy atom. The zero-order chi connectivity index (χ0) is 13.1. The van der Waals surface area contributed by atoms with E-state index in [9.17, 15) is 4.79 Å². The van der Waals surface area contributed by atoms with Gasteiger partial charge in [0.15, 0.2) is 5.65 Å². The molecule has 96 valence electrons. The SMILES string of the molecule is CN(CCCC(=O)O)c1ncnc2c1cnn2C. The van der Waals surface area contributed by atoms with E-state index in [0.29, 0.717) is 13.0 Å². The lowest BCUT2D eigenvalue weighted by Crippen LogP contribution is -2.20. The van der Waals surface area contributed by atoms with E-state index < -0.39 is 5.97 Å². The number of carboxylic acids is 1. The van der Waals surface area contributed by atoms with E-state index in [2.05, 4.69) is 15.1 Å². The number of carbonyl (C=O) groups is 1. The Labute approximate surface area is 104 Å². The Hall–Kier alpha value is -2.18. The molecule has 0 aliphatic heterocycles. The summed E-state index contributed by atoms with van der Waals surface area (Å²) in [6, 6.07) is 0. The number of rotatable bonds is 5. The van der Waals surface area contributed by atoms with Gasteiger partial charge in [-0.25, -0.2) is 9.97 Å². The molecule has 0 unspecified atom stereocenters. The van der Waals surface area contributed by atoms with Crippen molar-refractivity contribution < 1.29 is 9.90 Å². The summed E-state index contributed by atoms with van der Waals surface area (Å²) in [6.45, 7) is 0.632. The summed E-state index contributed by atoms with van der Waals surface area (Å²) in [4.78, 5) is 20.8. The Kier molecular flexibility index (Phi) is 3.40. The number of aromatic nitrogens is 4. The number of nitrogens with zero attached hydrogens (tertiary/aromatic N) is 5. The number of aryl methyl sites for hydroxylation is 1. The van der Waals surface area contributed by atoms with Gasteiger partial charge in [-0.3, -0.25) is 9.48 Å². The molecule has 0 saturated carbocycles. The topological polar surface area (TPSA) is 84.1 Å². The van der Waals surface area contributed by atoms with E-state index in [1.54, 1.807) is 10.9 Å². The molecule has 7 heteroatoms. The number of hydrogen-bond donors (Lipinski definition) is 1. The van der Waals surface area contributed by atoms with Crippen LogP contribution in [-0.2, 0) is 11.8 Å². The van der Waals surface area contributed by atoms with Gasteiger partial charge in [-0.15, -0.1) is 0 Å². The smallest absolute Gasteiger partial charge is 0.303 e. The van der Waals surface area contributed by atoms with E-state index in [1.807, 2.05) is 19.0 Å². The van der Waals surface area contributed by atoms with Crippen LogP contribution >= 0.6 is 0 Å². The molecule has 0 atom stereocenters. The van der Waals surface area contributed by atoms with Crippen LogP contribution in [0, 0.1) is 0 Å². The van der Waals surface area contributed by atoms with Crippen LogP contribution in [0.3, 0.4) is 0 Å². The third-order valence-corrected chi connectivity index (χ3v) is 2.75. The van der Waals surface area contributed by atoms with Crippen LogP contribution in [-0.4, -0.2) is 44.4 Å². The summed E-state index contributed by atoms with van der Waals surface area (Å²) in [7, 11) is 3.71. The molecular formula is C11H15N5O2. The van der Waals surface area contributed by atoms with Crippen LogP contribution < -0.4 is 4.90 Å². The highest BCUT2D eigenvalue weighted by Gasteiger charge is 2.11. The molecule has 0 saturated heterocycles. The Morgan fingerprint density at radius 1 is 1.50 bits per heavy atom. The van der Waals surface area contributed by atoms with Gasteiger partial charge in [-0.1, -0.05) is 0 Å². The summed E-state index contributed by atoms with van der Waals surface area (Å²) >= 11 is 0. The van der Waals surface area contributed by atoms with Gasteiger partial charge in [-0.05, 0) is 6.42 Å². The summed E-state index contributed by atoms with van der Waals surface area (Å²) < 4.78 is 1.69. The molecule has 0 aliphatic rings. The average Bonchev–Trinajstić information content (AvgIpc) is 2.71. The van der Waals surface area contributed by atoms with Crippen molar-refractivity contribution in [2.75, 3.05) is 18.5 Å². The maximum Gasteiger partial charge on any atom is 0.303 e. The van der Waals surface area contributed by atoms with Gasteiger partial charge in [-0.2, -0.15) is 5.10 Å². The molecule has 2 rings (SSSR count). The number of carboxylic acid groups (broad SMARTS) is 1. The van der Waals surface area contributed by atoms with Gasteiger partial charge < -0.3 is 10.0 Å². The fourth-order valence-electron chi connectivity index (χ4n) is 1.83. The van der Waals surface area contributed by atoms with Gasteiger partial charge in [0.2, 0.25) is 0 Å². The normalized spacial score (nSPS) is 10.8. The zero-order valence-electron chi connectivity index (χ0n) is 10.4. The molecule has 0 spiro atoms. The Balaban J connectivity index is 2.17. The minimum absolute atomic E-state index is 0.158. The number of hydrogen-bond acceptors (Lipinski definition) is 5. The molecule has 18 heavy (non-hydrogen) atoms. The van der Waals surface area contributed by atoms with Crippen LogP contribution in [0.5, 0.6) is 0 Å². The van der Waals surface area contributed by atoms with Crippen molar-refractivity contribution in [3.63, 3.8) is 0 Å². The van der Waals surface area contributed by atoms with Crippen LogP contribution in [0.1, 0.15) is 12.8 Å². The highest BCUT2D eigenvalue weighted by molar-refractivity contribution is 5.86. The predicted octanol–water partition coefficient (Wildman–Crippen LogP) is 0.664. The first-order valence-corrected chi connectivity index (χ1v) is 5.65. The minimum Gasteiger partial charge on any atom is -0.481 e. The van der Waals surface area contributed by atoms with E-state index in [4.69, 9.17) is 5.11 Å². The molecule has 0 amide bonds. The molecule has 0 bridgehead atoms. The van der Waals surface area contributed by atoms with Gasteiger partial charge in [0.1, 0.15) is 12.1 Å². The molecule has 0 radical (unpaired) electrons. The lowest BCUT2D eigenvalue weighted by atomic mass is 10.3. The van der Waals surface area contributed by atoms with Crippen LogP contribution in [0.25, 0.3) is 11.0 Å². The molecule has 2 aromatic heterocycles. The fraction of sp³-hybridized carbons (Fsp3) is 0.455. The van der Waals surface area contributed by atoms with Crippen molar-refractivity contribution in [1.29, 1.82) is 0 Å². The third kappa shape index (κ3) is 2.39. The fourth-order valence-corrected chi connectivity index (χ4v) is 1.83. The quantitative estimate of drug-likeness (QED) is 0.838. The van der Waals surface area contributed by atoms with Crippen molar-refractivity contribution in [3.8, 4) is 0 Å². The number of fused-ring (bicyclic) bond motifs is 1. The van der Waals surface area contributed by atoms with Gasteiger partial charge >= 0.3 is 5.97 Å². The average molecular weight is 249 g/mol. The molecule has 0 aromatic carbocycles. The molecule has 2 aromatic rings. The van der Waals surface area contributed by atoms with Crippen molar-refractivity contribution in [3.05, 3.63) is 12.5 Å². The van der Waals surface area contributed by atoms with E-state index in [0.717, 1.165) is 16.9 Å². The summed E-state index contributed by atoms with van der Waals surface area (Å²) in [5.41, 5.74) is 0.769. The van der Waals surface area contributed by atoms with Crippen molar-refractivity contribution in [2.45, 2.75) is 12.8 Å². The minimum atomic E-state index is -0.780. The Bertz CT molecular complexity index is 566. The van der Waals surface area contributed by atoms with Gasteiger partial charge in [0, 0.05) is 27.1 Å². The van der Waals surface area contributed by atoms with Gasteiger partial charge in [0.25, 0.3) is 0 Å². The van der Waals surface area contributed by atoms with Crippen LogP contribution in [0.2, 0.25) is 0 Å². The van der Waals surface area contributed by atoms with E-state index >= 15 is 0 Å². The zero-order valence-corrected chi connectivity index (χ0v) is 10.4. The molecule has 0 fully saturated rings. The second kappa shape index (κ2) is 4.99. The van der Waals surface area contributed by atoms with Crippen molar-refractivity contribution in [1.82, 2.24) is 19.7 Å². The molecule has 0 aliphatic carbocycles. The highest BCUT2D eigenvalue weighted by atomic mass is 16.4. The second-order valence-corrected chi connectivity index (χ2v) is 4.12. The second-order valence-electron chi connectivity index (χ2n) is 4.12. The molecule has 7 nitrogen and oxygen atoms in total. The monoisotopic (exact) mass is 249 g/mol. The standard InChI is InChI=1S/C11H15N5O2/c1-15(5-3-4-9(17)18)10-8-6-14-16(2)11(8)13-7-12-10/h6-7H,3-5H2,1-2H3,(H,17,18). The highest BCUT2D eigenvalue weighted by Crippen LogP contribution is 2.21. The summed E-state index contributed by atoms with van der Waals surface area (Å²) in [5, 5.41) is 13.6. The largest absolute Gasteiger partial charge is 0.481 e. The van der Waals surface area contributed by atoms with Crippen molar-refractivity contribution in [2.24, 2.45) is 7.05 Å². The summed E-state index contributed by atoms with van der Waals surface area (Å²) in [6.07, 6.45) is 3.95. The molecule has 1 N–H and O–H groups in total. The van der Waals surface area contributed by atoms with Crippen LogP contribution in [0.15, 0.2) is 12.5 Å². The first-order chi connectivity index (χ1) is 8.59. The number of aliphatic carboxylic acids is 1. The van der Waals surface area contributed by atoms with E-state index in [1.165, 1.54) is 6.33 Å². The maximum absolute atomic E-state index is 10.5. The van der Waals surface area contributed by atoms with Gasteiger partial charge in [0.05, 0.1) is 11.6 Å². The lowest BCUT2D eigenvalue weighted by molar-refractivity contribution is -0.137. The lowest BCUT2D eigenvalue weighted by Gasteiger charge is -2.17. The number of anilines is 1. The van der Waals surface area contributed by atoms with Crippen molar-refractivity contribution >= 4 is 22.8 Å². The first-order valence-electron chi connectivity index (χ1n) is 5.65. The third-order valence-electron chi connectivity index (χ3n) is 2.75. The molecular weight excluding hydrogens is 234 g/mol. The Morgan fingerprint density at radius 2 is 2.28 bits per heavy atom. The molecule has 2 heterocycles. The first kappa shape index (κ1) is 12.3. The summed E-state index contributed by atoms with van der Waals surface area (Å²) in [5.74, 6) is -0.00361. The van der Waals surface area contributed by atoms with E-state index in [-0.39, 0.29) is 6.42 Å². The predicted molar refractivity (Wildman–Crippen MR) is 66.4 cm³/mol. The van der Waals surface area contributed by atoms with Crippen LogP contribution in [0.4, 0.5) is 5.82 Å².